The van der Waals surface area contributed by atoms with Crippen LogP contribution in [0.2, 0.25) is 0 Å². The van der Waals surface area contributed by atoms with Crippen molar-refractivity contribution in [3.8, 4) is 12.5 Å². The summed E-state index contributed by atoms with van der Waals surface area (Å²) in [7, 11) is 0. The Morgan fingerprint density at radius 3 is 2.47 bits per heavy atom. The van der Waals surface area contributed by atoms with E-state index in [1.807, 2.05) is 24.3 Å². The molecule has 1 aliphatic rings. The van der Waals surface area contributed by atoms with Crippen LogP contribution in [0.4, 0.5) is 0 Å². The molecule has 0 spiro atoms. The minimum Gasteiger partial charge on any atom is -0.377 e. The van der Waals surface area contributed by atoms with Gasteiger partial charge in [0.05, 0.1) is 0 Å². The van der Waals surface area contributed by atoms with Gasteiger partial charge in [-0.15, -0.1) is 0 Å². The van der Waals surface area contributed by atoms with Crippen LogP contribution in [0.3, 0.4) is 0 Å². The van der Waals surface area contributed by atoms with Gasteiger partial charge >= 0.3 is 5.79 Å². The van der Waals surface area contributed by atoms with Gasteiger partial charge in [-0.2, -0.15) is 10.5 Å². The highest BCUT2D eigenvalue weighted by Crippen LogP contribution is 2.40. The number of rotatable bonds is 2. The Kier molecular flexibility index (Phi) is 2.19. The molecule has 0 aromatic heterocycles. The molecule has 0 radical (unpaired) electrons. The van der Waals surface area contributed by atoms with E-state index < -0.39 is 5.79 Å². The molecule has 1 aromatic rings. The van der Waals surface area contributed by atoms with Gasteiger partial charge in [-0.1, -0.05) is 24.3 Å². The molecule has 0 bridgehead atoms. The van der Waals surface area contributed by atoms with Crippen molar-refractivity contribution in [2.24, 2.45) is 0 Å². The zero-order valence-electron chi connectivity index (χ0n) is 7.93. The Balaban J connectivity index is 2.46. The summed E-state index contributed by atoms with van der Waals surface area (Å²) in [5.74, 6) is -1.19. The van der Waals surface area contributed by atoms with E-state index in [1.54, 1.807) is 12.5 Å². The quantitative estimate of drug-likeness (QED) is 0.539. The first kappa shape index (κ1) is 9.36. The third-order valence-electron chi connectivity index (χ3n) is 2.57. The van der Waals surface area contributed by atoms with Crippen LogP contribution < -0.4 is 0 Å². The summed E-state index contributed by atoms with van der Waals surface area (Å²) in [4.78, 5) is 0. The van der Waals surface area contributed by atoms with Crippen LogP contribution >= 0.6 is 0 Å². The number of nitrogens with zero attached hydrogens (tertiary/aromatic N) is 2. The molecule has 0 N–H and O–H groups in total. The van der Waals surface area contributed by atoms with Crippen LogP contribution in [0.25, 0.3) is 0 Å². The van der Waals surface area contributed by atoms with Crippen molar-refractivity contribution in [2.75, 3.05) is 0 Å². The second-order valence-corrected chi connectivity index (χ2v) is 3.30. The van der Waals surface area contributed by atoms with Gasteiger partial charge in [-0.05, 0) is 12.0 Å². The van der Waals surface area contributed by atoms with Gasteiger partial charge in [0.25, 0.3) is 12.5 Å². The fourth-order valence-electron chi connectivity index (χ4n) is 1.92. The van der Waals surface area contributed by atoms with E-state index in [1.165, 1.54) is 0 Å². The van der Waals surface area contributed by atoms with Crippen LogP contribution in [0.5, 0.6) is 0 Å². The first-order valence-electron chi connectivity index (χ1n) is 4.55. The Morgan fingerprint density at radius 2 is 1.80 bits per heavy atom. The molecule has 2 rings (SSSR count). The molecule has 0 unspecified atom stereocenters. The maximum Gasteiger partial charge on any atom is 0.302 e. The van der Waals surface area contributed by atoms with Gasteiger partial charge in [0.15, 0.2) is 0 Å². The SMILES string of the molecule is N#COC1(OC#N)CCc2ccccc21. The average molecular weight is 200 g/mol. The Labute approximate surface area is 87.3 Å². The number of benzene rings is 1. The van der Waals surface area contributed by atoms with E-state index in [4.69, 9.17) is 20.0 Å². The molecular formula is C11H8N2O2. The van der Waals surface area contributed by atoms with E-state index in [9.17, 15) is 0 Å². The van der Waals surface area contributed by atoms with E-state index in [-0.39, 0.29) is 0 Å². The lowest BCUT2D eigenvalue weighted by atomic mass is 10.1. The smallest absolute Gasteiger partial charge is 0.302 e. The van der Waals surface area contributed by atoms with Gasteiger partial charge in [0.1, 0.15) is 0 Å². The third-order valence-corrected chi connectivity index (χ3v) is 2.57. The van der Waals surface area contributed by atoms with Crippen molar-refractivity contribution in [3.63, 3.8) is 0 Å². The molecule has 0 atom stereocenters. The summed E-state index contributed by atoms with van der Waals surface area (Å²) in [6, 6.07) is 7.50. The highest BCUT2D eigenvalue weighted by molar-refractivity contribution is 5.36. The fraction of sp³-hybridized carbons (Fsp3) is 0.273. The maximum atomic E-state index is 8.58. The topological polar surface area (TPSA) is 66.0 Å². The van der Waals surface area contributed by atoms with Crippen molar-refractivity contribution in [3.05, 3.63) is 35.4 Å². The first-order chi connectivity index (χ1) is 7.32. The monoisotopic (exact) mass is 200 g/mol. The number of ether oxygens (including phenoxy) is 2. The predicted molar refractivity (Wildman–Crippen MR) is 49.8 cm³/mol. The molecule has 0 aliphatic heterocycles. The lowest BCUT2D eigenvalue weighted by Gasteiger charge is -2.22. The standard InChI is InChI=1S/C11H8N2O2/c12-7-14-11(15-8-13)6-5-9-3-1-2-4-10(9)11/h1-4H,5-6H2. The minimum absolute atomic E-state index is 0.494. The molecule has 0 amide bonds. The van der Waals surface area contributed by atoms with Crippen LogP contribution in [-0.4, -0.2) is 0 Å². The van der Waals surface area contributed by atoms with Crippen molar-refractivity contribution in [1.82, 2.24) is 0 Å². The molecule has 15 heavy (non-hydrogen) atoms. The zero-order valence-corrected chi connectivity index (χ0v) is 7.93. The molecule has 4 nitrogen and oxygen atoms in total. The zero-order chi connectivity index (χ0) is 10.7. The third kappa shape index (κ3) is 1.37. The highest BCUT2D eigenvalue weighted by Gasteiger charge is 2.43. The molecule has 4 heteroatoms. The van der Waals surface area contributed by atoms with E-state index in [0.717, 1.165) is 17.5 Å². The average Bonchev–Trinajstić information content (AvgIpc) is 2.60. The Hall–Kier alpha value is -2.20. The van der Waals surface area contributed by atoms with Gasteiger partial charge in [0, 0.05) is 12.0 Å². The van der Waals surface area contributed by atoms with Crippen molar-refractivity contribution in [2.45, 2.75) is 18.6 Å². The molecule has 74 valence electrons. The molecule has 0 heterocycles. The lowest BCUT2D eigenvalue weighted by molar-refractivity contribution is -0.164. The highest BCUT2D eigenvalue weighted by atomic mass is 16.7. The van der Waals surface area contributed by atoms with Gasteiger partial charge in [0.2, 0.25) is 0 Å². The maximum absolute atomic E-state index is 8.58. The van der Waals surface area contributed by atoms with Gasteiger partial charge in [-0.25, -0.2) is 0 Å². The van der Waals surface area contributed by atoms with Crippen molar-refractivity contribution >= 4 is 0 Å². The van der Waals surface area contributed by atoms with E-state index in [2.05, 4.69) is 0 Å². The molecule has 0 saturated heterocycles. The Bertz CT molecular complexity index is 440. The summed E-state index contributed by atoms with van der Waals surface area (Å²) in [5, 5.41) is 17.2. The number of aryl methyl sites for hydroxylation is 1. The first-order valence-corrected chi connectivity index (χ1v) is 4.55. The predicted octanol–water partition coefficient (Wildman–Crippen LogP) is 1.78. The summed E-state index contributed by atoms with van der Waals surface area (Å²) in [5.41, 5.74) is 1.83. The Morgan fingerprint density at radius 1 is 1.13 bits per heavy atom. The van der Waals surface area contributed by atoms with Gasteiger partial charge in [-0.3, -0.25) is 0 Å². The van der Waals surface area contributed by atoms with Crippen molar-refractivity contribution < 1.29 is 9.47 Å². The summed E-state index contributed by atoms with van der Waals surface area (Å²) < 4.78 is 9.84. The normalized spacial score (nSPS) is 15.9. The van der Waals surface area contributed by atoms with E-state index in [0.29, 0.717) is 6.42 Å². The number of hydrogen-bond acceptors (Lipinski definition) is 4. The van der Waals surface area contributed by atoms with Crippen LogP contribution in [-0.2, 0) is 21.7 Å². The molecule has 1 aromatic carbocycles. The lowest BCUT2D eigenvalue weighted by Crippen LogP contribution is -2.27. The second-order valence-electron chi connectivity index (χ2n) is 3.30. The van der Waals surface area contributed by atoms with Crippen LogP contribution in [0, 0.1) is 23.0 Å². The molecule has 0 fully saturated rings. The van der Waals surface area contributed by atoms with Crippen LogP contribution in [0.15, 0.2) is 24.3 Å². The van der Waals surface area contributed by atoms with Crippen molar-refractivity contribution in [1.29, 1.82) is 10.5 Å². The number of hydrogen-bond donors (Lipinski definition) is 0. The molecule has 0 saturated carbocycles. The molecule has 1 aliphatic carbocycles. The van der Waals surface area contributed by atoms with E-state index >= 15 is 0 Å². The van der Waals surface area contributed by atoms with Crippen LogP contribution in [0.1, 0.15) is 17.5 Å². The summed E-state index contributed by atoms with van der Waals surface area (Å²) >= 11 is 0. The fourth-order valence-corrected chi connectivity index (χ4v) is 1.92. The largest absolute Gasteiger partial charge is 0.377 e. The molecular weight excluding hydrogens is 192 g/mol. The van der Waals surface area contributed by atoms with Gasteiger partial charge < -0.3 is 9.47 Å². The summed E-state index contributed by atoms with van der Waals surface area (Å²) in [6.45, 7) is 0. The number of nitriles is 2. The number of fused-ring (bicyclic) bond motifs is 1. The second kappa shape index (κ2) is 3.51. The summed E-state index contributed by atoms with van der Waals surface area (Å²) in [6.07, 6.45) is 4.44. The minimum atomic E-state index is -1.19.